The van der Waals surface area contributed by atoms with Gasteiger partial charge in [0.1, 0.15) is 17.1 Å². The van der Waals surface area contributed by atoms with Gasteiger partial charge in [-0.15, -0.1) is 5.01 Å². The summed E-state index contributed by atoms with van der Waals surface area (Å²) in [5.41, 5.74) is -0.0838. The molecule has 0 bridgehead atoms. The predicted octanol–water partition coefficient (Wildman–Crippen LogP) is 3.65. The van der Waals surface area contributed by atoms with E-state index in [-0.39, 0.29) is 5.91 Å². The number of hydrazone groups is 1. The maximum absolute atomic E-state index is 12.2. The van der Waals surface area contributed by atoms with Gasteiger partial charge in [0.05, 0.1) is 6.21 Å². The Morgan fingerprint density at radius 2 is 2.12 bits per heavy atom. The molecule has 2 heterocycles. The average Bonchev–Trinajstić information content (AvgIpc) is 3.11. The number of nitrogens with zero attached hydrogens (tertiary/aromatic N) is 2. The van der Waals surface area contributed by atoms with Gasteiger partial charge in [-0.25, -0.2) is 4.79 Å². The van der Waals surface area contributed by atoms with E-state index in [1.54, 1.807) is 31.2 Å². The molecule has 1 aromatic heterocycles. The van der Waals surface area contributed by atoms with Crippen molar-refractivity contribution >= 4 is 29.8 Å². The van der Waals surface area contributed by atoms with Crippen LogP contribution in [-0.2, 0) is 4.79 Å². The highest BCUT2D eigenvalue weighted by molar-refractivity contribution is 6.30. The van der Waals surface area contributed by atoms with Crippen LogP contribution < -0.4 is 5.32 Å². The van der Waals surface area contributed by atoms with Crippen LogP contribution in [-0.4, -0.2) is 28.7 Å². The molecular weight excluding hydrogens is 330 g/mol. The lowest BCUT2D eigenvalue weighted by Crippen LogP contribution is -2.42. The minimum absolute atomic E-state index is 0.382. The van der Waals surface area contributed by atoms with Gasteiger partial charge in [0, 0.05) is 10.6 Å². The van der Waals surface area contributed by atoms with E-state index in [0.717, 1.165) is 10.6 Å². The molecule has 1 atom stereocenters. The molecule has 0 radical (unpaired) electrons. The highest BCUT2D eigenvalue weighted by Crippen LogP contribution is 2.25. The van der Waals surface area contributed by atoms with Crippen molar-refractivity contribution in [2.45, 2.75) is 25.8 Å². The molecule has 1 N–H and O–H groups in total. The van der Waals surface area contributed by atoms with Crippen molar-refractivity contribution in [3.63, 3.8) is 0 Å². The van der Waals surface area contributed by atoms with Gasteiger partial charge in [-0.05, 0) is 37.6 Å². The minimum Gasteiger partial charge on any atom is -0.455 e. The molecule has 1 aliphatic heterocycles. The predicted molar refractivity (Wildman–Crippen MR) is 90.8 cm³/mol. The van der Waals surface area contributed by atoms with Gasteiger partial charge in [0.15, 0.2) is 0 Å². The number of benzene rings is 1. The highest BCUT2D eigenvalue weighted by Gasteiger charge is 2.46. The molecule has 124 valence electrons. The van der Waals surface area contributed by atoms with Gasteiger partial charge < -0.3 is 9.73 Å². The van der Waals surface area contributed by atoms with Crippen LogP contribution in [0.5, 0.6) is 0 Å². The van der Waals surface area contributed by atoms with Crippen LogP contribution in [0.3, 0.4) is 0 Å². The SMILES string of the molecule is CCC1(C)NC(=O)N(/N=C/c2ccc(-c3cccc(Cl)c3)o2)C1=O. The van der Waals surface area contributed by atoms with E-state index in [4.69, 9.17) is 16.0 Å². The van der Waals surface area contributed by atoms with Crippen molar-refractivity contribution in [2.24, 2.45) is 5.10 Å². The number of hydrogen-bond donors (Lipinski definition) is 1. The Bertz CT molecular complexity index is 830. The van der Waals surface area contributed by atoms with Crippen LogP contribution in [0.15, 0.2) is 45.9 Å². The molecule has 3 amide bonds. The third kappa shape index (κ3) is 2.92. The minimum atomic E-state index is -0.913. The first-order valence-electron chi connectivity index (χ1n) is 7.49. The lowest BCUT2D eigenvalue weighted by molar-refractivity contribution is -0.130. The first kappa shape index (κ1) is 16.3. The summed E-state index contributed by atoms with van der Waals surface area (Å²) in [5, 5.41) is 8.02. The van der Waals surface area contributed by atoms with Crippen LogP contribution in [0.25, 0.3) is 11.3 Å². The van der Waals surface area contributed by atoms with Crippen molar-refractivity contribution < 1.29 is 14.0 Å². The second-order valence-electron chi connectivity index (χ2n) is 5.69. The molecular formula is C17H16ClN3O3. The molecule has 6 nitrogen and oxygen atoms in total. The number of carbonyl (C=O) groups is 2. The number of urea groups is 1. The Balaban J connectivity index is 1.79. The Morgan fingerprint density at radius 1 is 1.33 bits per heavy atom. The number of hydrogen-bond acceptors (Lipinski definition) is 4. The van der Waals surface area contributed by atoms with Crippen molar-refractivity contribution in [1.82, 2.24) is 10.3 Å². The van der Waals surface area contributed by atoms with Gasteiger partial charge in [0.25, 0.3) is 5.91 Å². The number of furan rings is 1. The maximum atomic E-state index is 12.2. The monoisotopic (exact) mass is 345 g/mol. The quantitative estimate of drug-likeness (QED) is 0.678. The third-order valence-corrected chi connectivity index (χ3v) is 4.22. The third-order valence-electron chi connectivity index (χ3n) is 3.98. The van der Waals surface area contributed by atoms with Crippen LogP contribution in [0.4, 0.5) is 4.79 Å². The first-order valence-corrected chi connectivity index (χ1v) is 7.87. The molecule has 1 aromatic carbocycles. The summed E-state index contributed by atoms with van der Waals surface area (Å²) in [6.45, 7) is 3.50. The molecule has 1 fully saturated rings. The van der Waals surface area contributed by atoms with E-state index in [2.05, 4.69) is 10.4 Å². The average molecular weight is 346 g/mol. The fraction of sp³-hybridized carbons (Fsp3) is 0.235. The van der Waals surface area contributed by atoms with E-state index < -0.39 is 11.6 Å². The zero-order valence-corrected chi connectivity index (χ0v) is 14.0. The van der Waals surface area contributed by atoms with Crippen molar-refractivity contribution in [1.29, 1.82) is 0 Å². The molecule has 3 rings (SSSR count). The largest absolute Gasteiger partial charge is 0.455 e. The summed E-state index contributed by atoms with van der Waals surface area (Å²) in [6, 6.07) is 10.2. The number of nitrogens with one attached hydrogen (secondary N) is 1. The number of carbonyl (C=O) groups excluding carboxylic acids is 2. The van der Waals surface area contributed by atoms with E-state index in [1.165, 1.54) is 6.21 Å². The molecule has 0 aliphatic carbocycles. The zero-order valence-electron chi connectivity index (χ0n) is 13.2. The molecule has 0 saturated carbocycles. The van der Waals surface area contributed by atoms with E-state index in [0.29, 0.717) is 23.0 Å². The summed E-state index contributed by atoms with van der Waals surface area (Å²) < 4.78 is 5.66. The summed E-state index contributed by atoms with van der Waals surface area (Å²) in [6.07, 6.45) is 1.83. The van der Waals surface area contributed by atoms with E-state index >= 15 is 0 Å². The van der Waals surface area contributed by atoms with Gasteiger partial charge in [0.2, 0.25) is 0 Å². The van der Waals surface area contributed by atoms with Crippen LogP contribution in [0, 0.1) is 0 Å². The van der Waals surface area contributed by atoms with Crippen LogP contribution in [0.1, 0.15) is 26.0 Å². The summed E-state index contributed by atoms with van der Waals surface area (Å²) >= 11 is 5.96. The molecule has 1 aliphatic rings. The lowest BCUT2D eigenvalue weighted by atomic mass is 10.00. The standard InChI is InChI=1S/C17H16ClN3O3/c1-3-17(2)15(22)21(16(23)20-17)19-10-13-7-8-14(24-13)11-5-4-6-12(18)9-11/h4-10H,3H2,1-2H3,(H,20,23)/b19-10+. The van der Waals surface area contributed by atoms with Crippen molar-refractivity contribution in [2.75, 3.05) is 0 Å². The number of imide groups is 1. The Hall–Kier alpha value is -2.60. The van der Waals surface area contributed by atoms with Crippen LogP contribution >= 0.6 is 11.6 Å². The van der Waals surface area contributed by atoms with E-state index in [9.17, 15) is 9.59 Å². The Labute approximate surface area is 144 Å². The Morgan fingerprint density at radius 3 is 2.79 bits per heavy atom. The molecule has 2 aromatic rings. The lowest BCUT2D eigenvalue weighted by Gasteiger charge is -2.17. The summed E-state index contributed by atoms with van der Waals surface area (Å²) in [7, 11) is 0. The molecule has 1 saturated heterocycles. The smallest absolute Gasteiger partial charge is 0.346 e. The fourth-order valence-corrected chi connectivity index (χ4v) is 2.54. The van der Waals surface area contributed by atoms with Crippen LogP contribution in [0.2, 0.25) is 5.02 Å². The molecule has 7 heteroatoms. The van der Waals surface area contributed by atoms with Gasteiger partial charge in [-0.1, -0.05) is 30.7 Å². The maximum Gasteiger partial charge on any atom is 0.346 e. The second kappa shape index (κ2) is 6.13. The first-order chi connectivity index (χ1) is 11.4. The number of amides is 3. The number of rotatable bonds is 4. The number of halogens is 1. The van der Waals surface area contributed by atoms with Gasteiger partial charge in [-0.3, -0.25) is 4.79 Å². The van der Waals surface area contributed by atoms with Gasteiger partial charge in [-0.2, -0.15) is 5.10 Å². The summed E-state index contributed by atoms with van der Waals surface area (Å²) in [5.74, 6) is 0.665. The zero-order chi connectivity index (χ0) is 17.3. The van der Waals surface area contributed by atoms with E-state index in [1.807, 2.05) is 19.1 Å². The molecule has 0 spiro atoms. The second-order valence-corrected chi connectivity index (χ2v) is 6.13. The van der Waals surface area contributed by atoms with Gasteiger partial charge >= 0.3 is 6.03 Å². The molecule has 1 unspecified atom stereocenters. The highest BCUT2D eigenvalue weighted by atomic mass is 35.5. The molecule has 24 heavy (non-hydrogen) atoms. The van der Waals surface area contributed by atoms with Crippen molar-refractivity contribution in [3.8, 4) is 11.3 Å². The Kier molecular flexibility index (Phi) is 4.15. The topological polar surface area (TPSA) is 74.9 Å². The normalized spacial score (nSPS) is 20.9. The fourth-order valence-electron chi connectivity index (χ4n) is 2.35. The summed E-state index contributed by atoms with van der Waals surface area (Å²) in [4.78, 5) is 24.1. The van der Waals surface area contributed by atoms with Crippen molar-refractivity contribution in [3.05, 3.63) is 47.2 Å².